The third-order valence-electron chi connectivity index (χ3n) is 7.99. The van der Waals surface area contributed by atoms with Crippen LogP contribution in [0.15, 0.2) is 0 Å². The summed E-state index contributed by atoms with van der Waals surface area (Å²) in [5.74, 6) is -1.81. The summed E-state index contributed by atoms with van der Waals surface area (Å²) in [5.41, 5.74) is -1.73. The van der Waals surface area contributed by atoms with Gasteiger partial charge in [0.15, 0.2) is 0 Å². The highest BCUT2D eigenvalue weighted by atomic mass is 16.5. The molecule has 4 heterocycles. The number of nitrogens with zero attached hydrogens (tertiary/aromatic N) is 2. The summed E-state index contributed by atoms with van der Waals surface area (Å²) >= 11 is 0. The third-order valence-corrected chi connectivity index (χ3v) is 7.99. The highest BCUT2D eigenvalue weighted by molar-refractivity contribution is 5.99. The number of hydrogen-bond donors (Lipinski definition) is 3. The maximum absolute atomic E-state index is 13.7. The number of rotatable bonds is 11. The topological polar surface area (TPSA) is 120 Å². The first-order chi connectivity index (χ1) is 16.4. The first-order valence-electron chi connectivity index (χ1n) is 12.8. The highest BCUT2D eigenvalue weighted by Gasteiger charge is 2.77. The van der Waals surface area contributed by atoms with Crippen LogP contribution in [-0.2, 0) is 23.9 Å². The second-order valence-electron chi connectivity index (χ2n) is 10.2. The lowest BCUT2D eigenvalue weighted by Gasteiger charge is -2.34. The molecular weight excluding hydrogens is 440 g/mol. The number of amides is 3. The number of unbranched alkanes of at least 4 members (excludes halogenated alkanes) is 1. The Balaban J connectivity index is 1.54. The van der Waals surface area contributed by atoms with E-state index in [0.717, 1.165) is 26.1 Å². The van der Waals surface area contributed by atoms with Gasteiger partial charge >= 0.3 is 0 Å². The number of likely N-dealkylation sites (tertiary alicyclic amines) is 1. The fourth-order valence-electron chi connectivity index (χ4n) is 6.38. The van der Waals surface area contributed by atoms with Crippen LogP contribution in [0.4, 0.5) is 0 Å². The molecule has 5 atom stereocenters. The van der Waals surface area contributed by atoms with Crippen LogP contribution >= 0.6 is 0 Å². The van der Waals surface area contributed by atoms with E-state index in [4.69, 9.17) is 9.47 Å². The van der Waals surface area contributed by atoms with Gasteiger partial charge in [0.1, 0.15) is 11.6 Å². The molecule has 192 valence electrons. The molecule has 4 saturated heterocycles. The summed E-state index contributed by atoms with van der Waals surface area (Å²) in [7, 11) is 0. The van der Waals surface area contributed by atoms with E-state index in [2.05, 4.69) is 15.5 Å². The number of carbonyl (C=O) groups is 3. The molecule has 4 aliphatic heterocycles. The first kappa shape index (κ1) is 25.3. The van der Waals surface area contributed by atoms with Crippen LogP contribution in [0.2, 0.25) is 0 Å². The summed E-state index contributed by atoms with van der Waals surface area (Å²) in [6, 6.07) is -0.765. The van der Waals surface area contributed by atoms with Gasteiger partial charge in [-0.05, 0) is 39.0 Å². The number of fused-ring (bicyclic) bond motifs is 1. The predicted molar refractivity (Wildman–Crippen MR) is 124 cm³/mol. The van der Waals surface area contributed by atoms with Gasteiger partial charge in [0.2, 0.25) is 17.7 Å². The lowest BCUT2D eigenvalue weighted by molar-refractivity contribution is -0.146. The molecule has 2 bridgehead atoms. The van der Waals surface area contributed by atoms with Crippen molar-refractivity contribution < 1.29 is 29.0 Å². The zero-order chi connectivity index (χ0) is 24.3. The summed E-state index contributed by atoms with van der Waals surface area (Å²) in [6.07, 6.45) is 3.16. The van der Waals surface area contributed by atoms with Gasteiger partial charge in [-0.3, -0.25) is 19.3 Å². The van der Waals surface area contributed by atoms with E-state index in [1.54, 1.807) is 4.90 Å². The van der Waals surface area contributed by atoms with Crippen molar-refractivity contribution in [3.05, 3.63) is 0 Å². The number of carbonyl (C=O) groups excluding carboxylic acids is 3. The van der Waals surface area contributed by atoms with Crippen LogP contribution in [0.5, 0.6) is 0 Å². The molecule has 0 aromatic heterocycles. The van der Waals surface area contributed by atoms with Crippen LogP contribution in [0.3, 0.4) is 0 Å². The van der Waals surface area contributed by atoms with Crippen molar-refractivity contribution in [1.82, 2.24) is 20.4 Å². The van der Waals surface area contributed by atoms with E-state index >= 15 is 0 Å². The quantitative estimate of drug-likeness (QED) is 0.341. The molecule has 10 heteroatoms. The number of ether oxygens (including phenoxy) is 2. The summed E-state index contributed by atoms with van der Waals surface area (Å²) in [6.45, 7) is 9.11. The van der Waals surface area contributed by atoms with E-state index in [-0.39, 0.29) is 24.3 Å². The van der Waals surface area contributed by atoms with Crippen LogP contribution < -0.4 is 10.6 Å². The minimum absolute atomic E-state index is 0.0314. The summed E-state index contributed by atoms with van der Waals surface area (Å²) < 4.78 is 11.9. The molecule has 2 unspecified atom stereocenters. The van der Waals surface area contributed by atoms with Gasteiger partial charge in [0.05, 0.1) is 30.7 Å². The Morgan fingerprint density at radius 2 is 1.82 bits per heavy atom. The molecule has 3 N–H and O–H groups in total. The van der Waals surface area contributed by atoms with Crippen LogP contribution in [0.25, 0.3) is 0 Å². The van der Waals surface area contributed by atoms with E-state index in [1.165, 1.54) is 0 Å². The number of nitrogens with one attached hydrogen (secondary N) is 2. The van der Waals surface area contributed by atoms with Crippen molar-refractivity contribution in [2.75, 3.05) is 59.1 Å². The molecule has 1 spiro atoms. The molecule has 4 fully saturated rings. The standard InChI is InChI=1S/C24H40N4O6/c1-3-8-25-20(30)17-18-22(32)28(10-4-5-14-29)19(24(18)7-6-23(17,2)34-24)21(31)26-9-11-27-12-15-33-16-13-27/h17-19,29H,3-16H2,1-2H3,(H,25,30)(H,26,31)/t17-,18-,19?,23+,24?/m0/s1. The van der Waals surface area contributed by atoms with E-state index in [9.17, 15) is 19.5 Å². The fraction of sp³-hybridized carbons (Fsp3) is 0.875. The molecule has 10 nitrogen and oxygen atoms in total. The van der Waals surface area contributed by atoms with E-state index < -0.39 is 29.1 Å². The van der Waals surface area contributed by atoms with Crippen molar-refractivity contribution in [3.63, 3.8) is 0 Å². The molecule has 4 aliphatic rings. The Labute approximate surface area is 201 Å². The van der Waals surface area contributed by atoms with E-state index in [0.29, 0.717) is 58.5 Å². The largest absolute Gasteiger partial charge is 0.396 e. The molecular formula is C24H40N4O6. The first-order valence-corrected chi connectivity index (χ1v) is 12.8. The minimum atomic E-state index is -0.984. The highest BCUT2D eigenvalue weighted by Crippen LogP contribution is 2.63. The Bertz CT molecular complexity index is 775. The smallest absolute Gasteiger partial charge is 0.245 e. The number of morpholine rings is 1. The Morgan fingerprint density at radius 1 is 1.09 bits per heavy atom. The van der Waals surface area contributed by atoms with Gasteiger partial charge in [0.25, 0.3) is 0 Å². The monoisotopic (exact) mass is 480 g/mol. The fourth-order valence-corrected chi connectivity index (χ4v) is 6.38. The number of aliphatic hydroxyl groups excluding tert-OH is 1. The molecule has 0 aromatic rings. The average molecular weight is 481 g/mol. The molecule has 0 saturated carbocycles. The average Bonchev–Trinajstić information content (AvgIpc) is 3.39. The third kappa shape index (κ3) is 4.45. The normalized spacial score (nSPS) is 35.0. The van der Waals surface area contributed by atoms with Gasteiger partial charge in [0, 0.05) is 45.9 Å². The second kappa shape index (κ2) is 10.5. The van der Waals surface area contributed by atoms with Crippen molar-refractivity contribution in [2.45, 2.75) is 63.2 Å². The molecule has 0 aromatic carbocycles. The molecule has 0 radical (unpaired) electrons. The van der Waals surface area contributed by atoms with Crippen molar-refractivity contribution >= 4 is 17.7 Å². The summed E-state index contributed by atoms with van der Waals surface area (Å²) in [5, 5.41) is 15.2. The van der Waals surface area contributed by atoms with Gasteiger partial charge in [-0.15, -0.1) is 0 Å². The Kier molecular flexibility index (Phi) is 7.81. The SMILES string of the molecule is CCCNC(=O)[C@@H]1[C@H]2C(=O)N(CCCCO)C(C(=O)NCCN3CCOCC3)C23CC[C@@]1(C)O3. The summed E-state index contributed by atoms with van der Waals surface area (Å²) in [4.78, 5) is 44.3. The zero-order valence-electron chi connectivity index (χ0n) is 20.5. The van der Waals surface area contributed by atoms with Crippen molar-refractivity contribution in [3.8, 4) is 0 Å². The van der Waals surface area contributed by atoms with Gasteiger partial charge in [-0.25, -0.2) is 0 Å². The number of aliphatic hydroxyl groups is 1. The predicted octanol–water partition coefficient (Wildman–Crippen LogP) is -0.502. The van der Waals surface area contributed by atoms with Crippen molar-refractivity contribution in [2.24, 2.45) is 11.8 Å². The molecule has 0 aliphatic carbocycles. The number of hydrogen-bond acceptors (Lipinski definition) is 7. The Morgan fingerprint density at radius 3 is 2.53 bits per heavy atom. The zero-order valence-corrected chi connectivity index (χ0v) is 20.5. The molecule has 34 heavy (non-hydrogen) atoms. The van der Waals surface area contributed by atoms with Crippen LogP contribution in [0.1, 0.15) is 46.0 Å². The van der Waals surface area contributed by atoms with Gasteiger partial charge in [-0.2, -0.15) is 0 Å². The lowest BCUT2D eigenvalue weighted by Crippen LogP contribution is -2.56. The maximum Gasteiger partial charge on any atom is 0.245 e. The van der Waals surface area contributed by atoms with Gasteiger partial charge < -0.3 is 30.1 Å². The van der Waals surface area contributed by atoms with Gasteiger partial charge in [-0.1, -0.05) is 6.92 Å². The van der Waals surface area contributed by atoms with Crippen molar-refractivity contribution in [1.29, 1.82) is 0 Å². The molecule has 3 amide bonds. The van der Waals surface area contributed by atoms with Crippen LogP contribution in [-0.4, -0.2) is 109 Å². The lowest BCUT2D eigenvalue weighted by atomic mass is 9.66. The maximum atomic E-state index is 13.7. The van der Waals surface area contributed by atoms with Crippen LogP contribution in [0, 0.1) is 11.8 Å². The second-order valence-corrected chi connectivity index (χ2v) is 10.2. The van der Waals surface area contributed by atoms with E-state index in [1.807, 2.05) is 13.8 Å². The Hall–Kier alpha value is -1.75. The minimum Gasteiger partial charge on any atom is -0.396 e. The molecule has 4 rings (SSSR count).